The van der Waals surface area contributed by atoms with Crippen molar-refractivity contribution in [2.24, 2.45) is 5.92 Å². The molecule has 0 saturated carbocycles. The molecule has 0 radical (unpaired) electrons. The van der Waals surface area contributed by atoms with E-state index in [0.29, 0.717) is 0 Å². The second kappa shape index (κ2) is 5.87. The first-order valence-corrected chi connectivity index (χ1v) is 7.03. The minimum Gasteiger partial charge on any atom is -0.496 e. The second-order valence-corrected chi connectivity index (χ2v) is 5.68. The zero-order valence-electron chi connectivity index (χ0n) is 10.6. The van der Waals surface area contributed by atoms with E-state index in [1.807, 2.05) is 0 Å². The molecule has 2 rings (SSSR count). The highest BCUT2D eigenvalue weighted by Gasteiger charge is 2.15. The summed E-state index contributed by atoms with van der Waals surface area (Å²) in [7, 11) is 1.72. The summed E-state index contributed by atoms with van der Waals surface area (Å²) in [6, 6.07) is 4.33. The summed E-state index contributed by atoms with van der Waals surface area (Å²) in [6.45, 7) is 4.51. The third kappa shape index (κ3) is 3.23. The Bertz CT molecular complexity index is 386. The number of benzene rings is 1. The zero-order chi connectivity index (χ0) is 12.3. The molecule has 3 heteroatoms. The van der Waals surface area contributed by atoms with E-state index in [1.165, 1.54) is 30.5 Å². The molecular weight excluding hydrogens is 278 g/mol. The van der Waals surface area contributed by atoms with Gasteiger partial charge in [-0.2, -0.15) is 0 Å². The highest BCUT2D eigenvalue weighted by molar-refractivity contribution is 9.10. The lowest BCUT2D eigenvalue weighted by molar-refractivity contribution is 0.374. The van der Waals surface area contributed by atoms with Crippen molar-refractivity contribution in [1.82, 2.24) is 5.32 Å². The number of methoxy groups -OCH3 is 1. The van der Waals surface area contributed by atoms with Gasteiger partial charge in [0.15, 0.2) is 0 Å². The van der Waals surface area contributed by atoms with E-state index in [9.17, 15) is 0 Å². The van der Waals surface area contributed by atoms with E-state index in [2.05, 4.69) is 40.3 Å². The summed E-state index contributed by atoms with van der Waals surface area (Å²) in [5.74, 6) is 1.71. The van der Waals surface area contributed by atoms with Crippen LogP contribution in [0.15, 0.2) is 16.6 Å². The van der Waals surface area contributed by atoms with Gasteiger partial charge in [-0.3, -0.25) is 0 Å². The first-order valence-electron chi connectivity index (χ1n) is 6.24. The Morgan fingerprint density at radius 3 is 2.94 bits per heavy atom. The van der Waals surface area contributed by atoms with E-state index in [4.69, 9.17) is 4.74 Å². The first kappa shape index (κ1) is 12.9. The molecule has 0 spiro atoms. The van der Waals surface area contributed by atoms with E-state index in [0.717, 1.165) is 29.1 Å². The van der Waals surface area contributed by atoms with Crippen molar-refractivity contribution in [3.63, 3.8) is 0 Å². The Hall–Kier alpha value is -0.540. The summed E-state index contributed by atoms with van der Waals surface area (Å²) in [5, 5.41) is 3.47. The Morgan fingerprint density at radius 1 is 1.47 bits per heavy atom. The Morgan fingerprint density at radius 2 is 2.29 bits per heavy atom. The maximum Gasteiger partial charge on any atom is 0.133 e. The van der Waals surface area contributed by atoms with Gasteiger partial charge < -0.3 is 10.1 Å². The van der Waals surface area contributed by atoms with E-state index >= 15 is 0 Å². The molecule has 1 aliphatic rings. The highest BCUT2D eigenvalue weighted by atomic mass is 79.9. The van der Waals surface area contributed by atoms with Crippen LogP contribution in [-0.4, -0.2) is 20.2 Å². The van der Waals surface area contributed by atoms with Crippen LogP contribution in [-0.2, 0) is 6.42 Å². The standard InChI is InChI=1S/C14H20BrNO/c1-10-6-13(15)14(17-2)8-12(10)7-11-4-3-5-16-9-11/h6,8,11,16H,3-5,7,9H2,1-2H3. The third-order valence-corrected chi connectivity index (χ3v) is 4.14. The van der Waals surface area contributed by atoms with Crippen LogP contribution in [0, 0.1) is 12.8 Å². The van der Waals surface area contributed by atoms with Crippen molar-refractivity contribution < 1.29 is 4.74 Å². The number of halogens is 1. The van der Waals surface area contributed by atoms with Gasteiger partial charge >= 0.3 is 0 Å². The van der Waals surface area contributed by atoms with Crippen LogP contribution < -0.4 is 10.1 Å². The molecular formula is C14H20BrNO. The number of hydrogen-bond acceptors (Lipinski definition) is 2. The van der Waals surface area contributed by atoms with Crippen molar-refractivity contribution >= 4 is 15.9 Å². The quantitative estimate of drug-likeness (QED) is 0.924. The molecule has 0 aliphatic carbocycles. The Labute approximate surface area is 112 Å². The van der Waals surface area contributed by atoms with Gasteiger partial charge in [0, 0.05) is 0 Å². The minimum absolute atomic E-state index is 0.772. The number of aryl methyl sites for hydroxylation is 1. The van der Waals surface area contributed by atoms with Crippen molar-refractivity contribution in [2.75, 3.05) is 20.2 Å². The summed E-state index contributed by atoms with van der Waals surface area (Å²) >= 11 is 3.53. The SMILES string of the molecule is COc1cc(CC2CCCNC2)c(C)cc1Br. The molecule has 2 nitrogen and oxygen atoms in total. The van der Waals surface area contributed by atoms with Crippen molar-refractivity contribution in [1.29, 1.82) is 0 Å². The second-order valence-electron chi connectivity index (χ2n) is 4.83. The van der Waals surface area contributed by atoms with Gasteiger partial charge in [-0.05, 0) is 84.4 Å². The van der Waals surface area contributed by atoms with Gasteiger partial charge in [-0.25, -0.2) is 0 Å². The fourth-order valence-corrected chi connectivity index (χ4v) is 3.10. The van der Waals surface area contributed by atoms with Crippen LogP contribution in [0.4, 0.5) is 0 Å². The van der Waals surface area contributed by atoms with Crippen LogP contribution >= 0.6 is 15.9 Å². The predicted molar refractivity (Wildman–Crippen MR) is 74.7 cm³/mol. The van der Waals surface area contributed by atoms with Gasteiger partial charge in [0.1, 0.15) is 5.75 Å². The molecule has 1 aromatic carbocycles. The van der Waals surface area contributed by atoms with E-state index in [1.54, 1.807) is 7.11 Å². The van der Waals surface area contributed by atoms with Crippen LogP contribution in [0.25, 0.3) is 0 Å². The summed E-state index contributed by atoms with van der Waals surface area (Å²) in [6.07, 6.45) is 3.80. The number of hydrogen-bond donors (Lipinski definition) is 1. The monoisotopic (exact) mass is 297 g/mol. The predicted octanol–water partition coefficient (Wildman–Crippen LogP) is 3.31. The largest absolute Gasteiger partial charge is 0.496 e. The number of ether oxygens (including phenoxy) is 1. The van der Waals surface area contributed by atoms with E-state index in [-0.39, 0.29) is 0 Å². The molecule has 1 aliphatic heterocycles. The van der Waals surface area contributed by atoms with Gasteiger partial charge in [0.05, 0.1) is 11.6 Å². The lowest BCUT2D eigenvalue weighted by atomic mass is 9.90. The molecule has 17 heavy (non-hydrogen) atoms. The normalized spacial score (nSPS) is 20.3. The van der Waals surface area contributed by atoms with Crippen LogP contribution in [0.5, 0.6) is 5.75 Å². The number of nitrogens with one attached hydrogen (secondary N) is 1. The van der Waals surface area contributed by atoms with Crippen LogP contribution in [0.1, 0.15) is 24.0 Å². The van der Waals surface area contributed by atoms with Crippen molar-refractivity contribution in [3.8, 4) is 5.75 Å². The molecule has 0 bridgehead atoms. The molecule has 0 amide bonds. The smallest absolute Gasteiger partial charge is 0.133 e. The Balaban J connectivity index is 2.13. The van der Waals surface area contributed by atoms with Gasteiger partial charge in [-0.15, -0.1) is 0 Å². The van der Waals surface area contributed by atoms with Gasteiger partial charge in [0.2, 0.25) is 0 Å². The van der Waals surface area contributed by atoms with Crippen LogP contribution in [0.2, 0.25) is 0 Å². The molecule has 1 saturated heterocycles. The number of rotatable bonds is 3. The minimum atomic E-state index is 0.772. The lowest BCUT2D eigenvalue weighted by Crippen LogP contribution is -2.31. The molecule has 1 atom stereocenters. The fraction of sp³-hybridized carbons (Fsp3) is 0.571. The van der Waals surface area contributed by atoms with Crippen molar-refractivity contribution in [2.45, 2.75) is 26.2 Å². The topological polar surface area (TPSA) is 21.3 Å². The third-order valence-electron chi connectivity index (χ3n) is 3.52. The molecule has 1 unspecified atom stereocenters. The maximum absolute atomic E-state index is 5.37. The zero-order valence-corrected chi connectivity index (χ0v) is 12.1. The highest BCUT2D eigenvalue weighted by Crippen LogP contribution is 2.30. The van der Waals surface area contributed by atoms with Gasteiger partial charge in [0.25, 0.3) is 0 Å². The molecule has 0 aromatic heterocycles. The molecule has 1 fully saturated rings. The van der Waals surface area contributed by atoms with E-state index < -0.39 is 0 Å². The summed E-state index contributed by atoms with van der Waals surface area (Å²) in [4.78, 5) is 0. The molecule has 94 valence electrons. The maximum atomic E-state index is 5.37. The summed E-state index contributed by atoms with van der Waals surface area (Å²) < 4.78 is 6.41. The van der Waals surface area contributed by atoms with Crippen LogP contribution in [0.3, 0.4) is 0 Å². The first-order chi connectivity index (χ1) is 8.20. The Kier molecular flexibility index (Phi) is 4.46. The lowest BCUT2D eigenvalue weighted by Gasteiger charge is -2.23. The van der Waals surface area contributed by atoms with Crippen molar-refractivity contribution in [3.05, 3.63) is 27.7 Å². The fourth-order valence-electron chi connectivity index (χ4n) is 2.48. The summed E-state index contributed by atoms with van der Waals surface area (Å²) in [5.41, 5.74) is 2.77. The molecule has 1 N–H and O–H groups in total. The molecule has 1 heterocycles. The van der Waals surface area contributed by atoms with Gasteiger partial charge in [-0.1, -0.05) is 0 Å². The number of piperidine rings is 1. The molecule has 1 aromatic rings. The average molecular weight is 298 g/mol. The average Bonchev–Trinajstić information content (AvgIpc) is 2.34.